The highest BCUT2D eigenvalue weighted by Gasteiger charge is 2.35. The molecule has 5 heteroatoms. The molecule has 0 spiro atoms. The highest BCUT2D eigenvalue weighted by atomic mass is 16.3. The number of carbonyl (C=O) groups is 1. The van der Waals surface area contributed by atoms with E-state index < -0.39 is 0 Å². The number of aliphatic hydroxyl groups is 1. The fraction of sp³-hybridized carbons (Fsp3) is 0.643. The summed E-state index contributed by atoms with van der Waals surface area (Å²) in [6, 6.07) is 1.65. The van der Waals surface area contributed by atoms with Crippen molar-refractivity contribution in [2.45, 2.75) is 45.3 Å². The summed E-state index contributed by atoms with van der Waals surface area (Å²) in [7, 11) is 0. The van der Waals surface area contributed by atoms with E-state index in [2.05, 4.69) is 5.32 Å². The summed E-state index contributed by atoms with van der Waals surface area (Å²) in [5.41, 5.74) is 5.69. The molecule has 106 valence electrons. The van der Waals surface area contributed by atoms with Crippen molar-refractivity contribution < 1.29 is 14.3 Å². The van der Waals surface area contributed by atoms with Crippen LogP contribution in [0.4, 0.5) is 0 Å². The van der Waals surface area contributed by atoms with Crippen LogP contribution >= 0.6 is 0 Å². The summed E-state index contributed by atoms with van der Waals surface area (Å²) in [6.07, 6.45) is 4.99. The zero-order chi connectivity index (χ0) is 13.9. The number of rotatable bonds is 4. The first-order valence-corrected chi connectivity index (χ1v) is 6.79. The number of nitrogens with one attached hydrogen (secondary N) is 1. The molecule has 0 saturated heterocycles. The first-order chi connectivity index (χ1) is 9.05. The van der Waals surface area contributed by atoms with E-state index in [-0.39, 0.29) is 24.0 Å². The predicted octanol–water partition coefficient (Wildman–Crippen LogP) is 1.41. The number of furan rings is 1. The first kappa shape index (κ1) is 14.1. The number of hydrogen-bond donors (Lipinski definition) is 3. The van der Waals surface area contributed by atoms with Gasteiger partial charge in [-0.05, 0) is 18.9 Å². The van der Waals surface area contributed by atoms with Crippen LogP contribution in [-0.4, -0.2) is 23.7 Å². The third kappa shape index (κ3) is 3.16. The lowest BCUT2D eigenvalue weighted by Crippen LogP contribution is -2.45. The average Bonchev–Trinajstić information content (AvgIpc) is 2.89. The van der Waals surface area contributed by atoms with Gasteiger partial charge in [-0.25, -0.2) is 0 Å². The summed E-state index contributed by atoms with van der Waals surface area (Å²) in [6.45, 7) is 2.79. The van der Waals surface area contributed by atoms with Crippen LogP contribution in [0.1, 0.15) is 48.7 Å². The van der Waals surface area contributed by atoms with E-state index in [9.17, 15) is 9.90 Å². The summed E-state index contributed by atoms with van der Waals surface area (Å²) in [5, 5.41) is 12.9. The molecule has 1 heterocycles. The van der Waals surface area contributed by atoms with E-state index in [4.69, 9.17) is 10.2 Å². The minimum atomic E-state index is -0.342. The monoisotopic (exact) mass is 266 g/mol. The Balaban J connectivity index is 1.92. The minimum Gasteiger partial charge on any atom is -0.467 e. The normalized spacial score (nSPS) is 27.2. The molecule has 2 unspecified atom stereocenters. The molecule has 5 nitrogen and oxygen atoms in total. The zero-order valence-electron chi connectivity index (χ0n) is 11.3. The molecule has 1 aromatic rings. The largest absolute Gasteiger partial charge is 0.467 e. The Morgan fingerprint density at radius 2 is 2.42 bits per heavy atom. The smallest absolute Gasteiger partial charge is 0.254 e. The number of nitrogens with two attached hydrogens (primary N) is 1. The fourth-order valence-corrected chi connectivity index (χ4v) is 2.58. The van der Waals surface area contributed by atoms with Gasteiger partial charge in [-0.3, -0.25) is 4.79 Å². The van der Waals surface area contributed by atoms with Crippen molar-refractivity contribution in [3.8, 4) is 0 Å². The molecule has 1 aromatic heterocycles. The van der Waals surface area contributed by atoms with Crippen molar-refractivity contribution in [2.75, 3.05) is 6.54 Å². The van der Waals surface area contributed by atoms with E-state index in [1.54, 1.807) is 6.07 Å². The van der Waals surface area contributed by atoms with Crippen LogP contribution < -0.4 is 11.1 Å². The molecular formula is C14H22N2O3. The summed E-state index contributed by atoms with van der Waals surface area (Å²) < 4.78 is 5.14. The van der Waals surface area contributed by atoms with Crippen LogP contribution in [-0.2, 0) is 6.54 Å². The molecular weight excluding hydrogens is 244 g/mol. The van der Waals surface area contributed by atoms with Gasteiger partial charge in [0.1, 0.15) is 12.0 Å². The second-order valence-electron chi connectivity index (χ2n) is 5.60. The van der Waals surface area contributed by atoms with E-state index in [1.807, 2.05) is 6.92 Å². The van der Waals surface area contributed by atoms with Crippen molar-refractivity contribution in [3.05, 3.63) is 23.7 Å². The fourth-order valence-electron chi connectivity index (χ4n) is 2.58. The van der Waals surface area contributed by atoms with Crippen molar-refractivity contribution in [1.29, 1.82) is 0 Å². The molecule has 1 fully saturated rings. The Bertz CT molecular complexity index is 444. The highest BCUT2D eigenvalue weighted by molar-refractivity contribution is 5.93. The van der Waals surface area contributed by atoms with Crippen LogP contribution in [0.15, 0.2) is 16.7 Å². The molecule has 2 rings (SSSR count). The Labute approximate surface area is 113 Å². The van der Waals surface area contributed by atoms with Gasteiger partial charge in [-0.15, -0.1) is 0 Å². The van der Waals surface area contributed by atoms with Gasteiger partial charge in [0.2, 0.25) is 0 Å². The Kier molecular flexibility index (Phi) is 4.27. The van der Waals surface area contributed by atoms with Crippen LogP contribution in [0, 0.1) is 5.41 Å². The number of carbonyl (C=O) groups excluding carboxylic acids is 1. The van der Waals surface area contributed by atoms with Gasteiger partial charge < -0.3 is 20.6 Å². The molecule has 0 radical (unpaired) electrons. The van der Waals surface area contributed by atoms with Crippen LogP contribution in [0.2, 0.25) is 0 Å². The van der Waals surface area contributed by atoms with Gasteiger partial charge in [-0.2, -0.15) is 0 Å². The number of amides is 1. The van der Waals surface area contributed by atoms with Crippen molar-refractivity contribution in [3.63, 3.8) is 0 Å². The van der Waals surface area contributed by atoms with E-state index >= 15 is 0 Å². The van der Waals surface area contributed by atoms with Gasteiger partial charge in [0.15, 0.2) is 0 Å². The molecule has 19 heavy (non-hydrogen) atoms. The van der Waals surface area contributed by atoms with Crippen LogP contribution in [0.3, 0.4) is 0 Å². The number of hydrogen-bond acceptors (Lipinski definition) is 4. The van der Waals surface area contributed by atoms with E-state index in [0.29, 0.717) is 17.9 Å². The average molecular weight is 266 g/mol. The molecule has 4 N–H and O–H groups in total. The van der Waals surface area contributed by atoms with Crippen LogP contribution in [0.25, 0.3) is 0 Å². The Morgan fingerprint density at radius 1 is 1.63 bits per heavy atom. The molecule has 0 aliphatic heterocycles. The third-order valence-corrected chi connectivity index (χ3v) is 4.05. The maximum absolute atomic E-state index is 12.0. The van der Waals surface area contributed by atoms with Gasteiger partial charge >= 0.3 is 0 Å². The highest BCUT2D eigenvalue weighted by Crippen LogP contribution is 2.35. The lowest BCUT2D eigenvalue weighted by molar-refractivity contribution is 0.00190. The molecule has 1 aliphatic carbocycles. The van der Waals surface area contributed by atoms with E-state index in [0.717, 1.165) is 25.7 Å². The molecule has 2 atom stereocenters. The first-order valence-electron chi connectivity index (χ1n) is 6.79. The SMILES string of the molecule is CC1(CNC(=O)c2coc(CN)c2)CCCCC1O. The van der Waals surface area contributed by atoms with Gasteiger partial charge in [-0.1, -0.05) is 19.8 Å². The summed E-state index contributed by atoms with van der Waals surface area (Å²) in [5.74, 6) is 0.413. The predicted molar refractivity (Wildman–Crippen MR) is 71.5 cm³/mol. The molecule has 0 aromatic carbocycles. The quantitative estimate of drug-likeness (QED) is 0.768. The topological polar surface area (TPSA) is 88.5 Å². The zero-order valence-corrected chi connectivity index (χ0v) is 11.3. The Morgan fingerprint density at radius 3 is 3.05 bits per heavy atom. The molecule has 1 saturated carbocycles. The Hall–Kier alpha value is -1.33. The maximum atomic E-state index is 12.0. The molecule has 1 amide bonds. The lowest BCUT2D eigenvalue weighted by Gasteiger charge is -2.38. The second-order valence-corrected chi connectivity index (χ2v) is 5.60. The number of aliphatic hydroxyl groups excluding tert-OH is 1. The van der Waals surface area contributed by atoms with Gasteiger partial charge in [0, 0.05) is 12.0 Å². The second kappa shape index (κ2) is 5.75. The van der Waals surface area contributed by atoms with Crippen molar-refractivity contribution in [1.82, 2.24) is 5.32 Å². The molecule has 0 bridgehead atoms. The summed E-state index contributed by atoms with van der Waals surface area (Å²) in [4.78, 5) is 12.0. The van der Waals surface area contributed by atoms with Gasteiger partial charge in [0.05, 0.1) is 18.2 Å². The lowest BCUT2D eigenvalue weighted by atomic mass is 9.73. The van der Waals surface area contributed by atoms with Crippen LogP contribution in [0.5, 0.6) is 0 Å². The van der Waals surface area contributed by atoms with Crippen molar-refractivity contribution >= 4 is 5.91 Å². The summed E-state index contributed by atoms with van der Waals surface area (Å²) >= 11 is 0. The van der Waals surface area contributed by atoms with Gasteiger partial charge in [0.25, 0.3) is 5.91 Å². The standard InChI is InChI=1S/C14H22N2O3/c1-14(5-3-2-4-12(14)17)9-16-13(18)10-6-11(7-15)19-8-10/h6,8,12,17H,2-5,7,9,15H2,1H3,(H,16,18). The van der Waals surface area contributed by atoms with E-state index in [1.165, 1.54) is 6.26 Å². The minimum absolute atomic E-state index is 0.178. The maximum Gasteiger partial charge on any atom is 0.254 e. The third-order valence-electron chi connectivity index (χ3n) is 4.05. The van der Waals surface area contributed by atoms with Crippen molar-refractivity contribution in [2.24, 2.45) is 11.1 Å². The molecule has 1 aliphatic rings.